The van der Waals surface area contributed by atoms with Crippen LogP contribution < -0.4 is 15.0 Å². The fourth-order valence-electron chi connectivity index (χ4n) is 3.35. The summed E-state index contributed by atoms with van der Waals surface area (Å²) in [7, 11) is 0. The molecule has 1 heterocycles. The predicted octanol–water partition coefficient (Wildman–Crippen LogP) is 3.56. The molecule has 0 saturated carbocycles. The third kappa shape index (κ3) is 3.53. The van der Waals surface area contributed by atoms with Gasteiger partial charge in [0.2, 0.25) is 5.91 Å². The smallest absolute Gasteiger partial charge is 0.254 e. The van der Waals surface area contributed by atoms with E-state index in [2.05, 4.69) is 5.32 Å². The lowest BCUT2D eigenvalue weighted by Crippen LogP contribution is -2.38. The van der Waals surface area contributed by atoms with Crippen LogP contribution >= 0.6 is 11.6 Å². The molecule has 2 aromatic rings. The lowest BCUT2D eigenvalue weighted by Gasteiger charge is -2.20. The largest absolute Gasteiger partial charge is 0.490 e. The van der Waals surface area contributed by atoms with E-state index in [-0.39, 0.29) is 11.8 Å². The van der Waals surface area contributed by atoms with Gasteiger partial charge in [-0.1, -0.05) is 41.4 Å². The summed E-state index contributed by atoms with van der Waals surface area (Å²) in [6.45, 7) is 6.04. The molecule has 1 aliphatic rings. The zero-order valence-electron chi connectivity index (χ0n) is 15.0. The molecule has 5 nitrogen and oxygen atoms in total. The van der Waals surface area contributed by atoms with E-state index in [1.165, 1.54) is 6.92 Å². The van der Waals surface area contributed by atoms with E-state index in [0.29, 0.717) is 23.9 Å². The Kier molecular flexibility index (Phi) is 5.18. The minimum atomic E-state index is -0.651. The molecule has 2 amide bonds. The Morgan fingerprint density at radius 1 is 1.27 bits per heavy atom. The third-order valence-electron chi connectivity index (χ3n) is 4.32. The molecule has 0 radical (unpaired) electrons. The molecule has 2 aromatic carbocycles. The molecule has 0 spiro atoms. The first kappa shape index (κ1) is 18.3. The standard InChI is InChI=1S/C20H21ClN2O3/c1-12-10-13(2)19-15(11-12)18(22-14(3)24)20(25)23(19)8-9-26-17-7-5-4-6-16(17)21/h4-7,10-11,18H,8-9H2,1-3H3,(H,22,24). The number of benzene rings is 2. The Morgan fingerprint density at radius 2 is 2.00 bits per heavy atom. The Morgan fingerprint density at radius 3 is 2.69 bits per heavy atom. The average Bonchev–Trinajstić information content (AvgIpc) is 2.82. The van der Waals surface area contributed by atoms with Gasteiger partial charge in [-0.05, 0) is 31.5 Å². The highest BCUT2D eigenvalue weighted by Crippen LogP contribution is 2.39. The topological polar surface area (TPSA) is 58.6 Å². The molecular formula is C20H21ClN2O3. The van der Waals surface area contributed by atoms with Crippen molar-refractivity contribution in [2.75, 3.05) is 18.1 Å². The van der Waals surface area contributed by atoms with Gasteiger partial charge in [-0.15, -0.1) is 0 Å². The van der Waals surface area contributed by atoms with Crippen molar-refractivity contribution in [1.29, 1.82) is 0 Å². The van der Waals surface area contributed by atoms with Gasteiger partial charge in [-0.3, -0.25) is 9.59 Å². The second kappa shape index (κ2) is 7.38. The number of nitrogens with one attached hydrogen (secondary N) is 1. The molecule has 1 atom stereocenters. The number of anilines is 1. The molecule has 6 heteroatoms. The van der Waals surface area contributed by atoms with Crippen molar-refractivity contribution in [2.24, 2.45) is 0 Å². The van der Waals surface area contributed by atoms with Crippen LogP contribution in [0, 0.1) is 13.8 Å². The van der Waals surface area contributed by atoms with Crippen LogP contribution in [0.1, 0.15) is 29.7 Å². The molecule has 1 unspecified atom stereocenters. The Bertz CT molecular complexity index is 866. The van der Waals surface area contributed by atoms with E-state index in [1.807, 2.05) is 38.1 Å². The Hall–Kier alpha value is -2.53. The molecule has 1 aliphatic heterocycles. The van der Waals surface area contributed by atoms with Gasteiger partial charge in [-0.2, -0.15) is 0 Å². The molecule has 26 heavy (non-hydrogen) atoms. The van der Waals surface area contributed by atoms with Gasteiger partial charge < -0.3 is 15.0 Å². The minimum Gasteiger partial charge on any atom is -0.490 e. The van der Waals surface area contributed by atoms with Crippen LogP contribution in [0.25, 0.3) is 0 Å². The van der Waals surface area contributed by atoms with Crippen molar-refractivity contribution in [3.63, 3.8) is 0 Å². The Labute approximate surface area is 157 Å². The van der Waals surface area contributed by atoms with Crippen molar-refractivity contribution < 1.29 is 14.3 Å². The monoisotopic (exact) mass is 372 g/mol. The number of ether oxygens (including phenoxy) is 1. The zero-order chi connectivity index (χ0) is 18.8. The zero-order valence-corrected chi connectivity index (χ0v) is 15.8. The number of aryl methyl sites for hydroxylation is 2. The highest BCUT2D eigenvalue weighted by molar-refractivity contribution is 6.32. The van der Waals surface area contributed by atoms with E-state index in [0.717, 1.165) is 22.4 Å². The number of fused-ring (bicyclic) bond motifs is 1. The van der Waals surface area contributed by atoms with Crippen molar-refractivity contribution in [3.05, 3.63) is 58.1 Å². The van der Waals surface area contributed by atoms with E-state index >= 15 is 0 Å². The summed E-state index contributed by atoms with van der Waals surface area (Å²) < 4.78 is 5.73. The van der Waals surface area contributed by atoms with Gasteiger partial charge in [-0.25, -0.2) is 0 Å². The molecule has 0 aromatic heterocycles. The number of nitrogens with zero attached hydrogens (tertiary/aromatic N) is 1. The van der Waals surface area contributed by atoms with Crippen molar-refractivity contribution in [2.45, 2.75) is 26.8 Å². The van der Waals surface area contributed by atoms with Gasteiger partial charge >= 0.3 is 0 Å². The number of para-hydroxylation sites is 1. The number of carbonyl (C=O) groups is 2. The lowest BCUT2D eigenvalue weighted by atomic mass is 10.0. The maximum absolute atomic E-state index is 12.9. The van der Waals surface area contributed by atoms with Crippen LogP contribution in [0.4, 0.5) is 5.69 Å². The normalized spacial score (nSPS) is 15.8. The number of rotatable bonds is 5. The first-order chi connectivity index (χ1) is 12.4. The minimum absolute atomic E-state index is 0.147. The maximum atomic E-state index is 12.9. The summed E-state index contributed by atoms with van der Waals surface area (Å²) in [5, 5.41) is 3.29. The molecule has 0 fully saturated rings. The first-order valence-corrected chi connectivity index (χ1v) is 8.83. The Balaban J connectivity index is 1.82. The van der Waals surface area contributed by atoms with Gasteiger partial charge in [0.1, 0.15) is 18.4 Å². The summed E-state index contributed by atoms with van der Waals surface area (Å²) in [4.78, 5) is 26.1. The summed E-state index contributed by atoms with van der Waals surface area (Å²) in [5.41, 5.74) is 3.74. The molecular weight excluding hydrogens is 352 g/mol. The third-order valence-corrected chi connectivity index (χ3v) is 4.64. The highest BCUT2D eigenvalue weighted by Gasteiger charge is 2.38. The van der Waals surface area contributed by atoms with E-state index in [1.54, 1.807) is 17.0 Å². The number of carbonyl (C=O) groups excluding carboxylic acids is 2. The number of halogens is 1. The van der Waals surface area contributed by atoms with Crippen molar-refractivity contribution >= 4 is 29.1 Å². The molecule has 1 N–H and O–H groups in total. The fraction of sp³-hybridized carbons (Fsp3) is 0.300. The second-order valence-corrected chi connectivity index (χ2v) is 6.83. The quantitative estimate of drug-likeness (QED) is 0.873. The molecule has 0 aliphatic carbocycles. The second-order valence-electron chi connectivity index (χ2n) is 6.42. The van der Waals surface area contributed by atoms with Crippen LogP contribution in [0.5, 0.6) is 5.75 Å². The van der Waals surface area contributed by atoms with E-state index in [4.69, 9.17) is 16.3 Å². The highest BCUT2D eigenvalue weighted by atomic mass is 35.5. The number of hydrogen-bond acceptors (Lipinski definition) is 3. The van der Waals surface area contributed by atoms with Crippen LogP contribution in [-0.4, -0.2) is 25.0 Å². The van der Waals surface area contributed by atoms with Crippen molar-refractivity contribution in [3.8, 4) is 5.75 Å². The van der Waals surface area contributed by atoms with Gasteiger partial charge in [0.05, 0.1) is 17.3 Å². The van der Waals surface area contributed by atoms with E-state index in [9.17, 15) is 9.59 Å². The summed E-state index contributed by atoms with van der Waals surface area (Å²) >= 11 is 6.10. The van der Waals surface area contributed by atoms with Crippen molar-refractivity contribution in [1.82, 2.24) is 5.32 Å². The first-order valence-electron chi connectivity index (χ1n) is 8.45. The van der Waals surface area contributed by atoms with Crippen LogP contribution in [0.2, 0.25) is 5.02 Å². The number of amides is 2. The van der Waals surface area contributed by atoms with E-state index < -0.39 is 6.04 Å². The summed E-state index contributed by atoms with van der Waals surface area (Å²) in [5.74, 6) is 0.203. The fourth-order valence-corrected chi connectivity index (χ4v) is 3.54. The van der Waals surface area contributed by atoms with Gasteiger partial charge in [0, 0.05) is 12.5 Å². The van der Waals surface area contributed by atoms with Crippen LogP contribution in [0.3, 0.4) is 0 Å². The van der Waals surface area contributed by atoms with Crippen LogP contribution in [0.15, 0.2) is 36.4 Å². The predicted molar refractivity (Wildman–Crippen MR) is 102 cm³/mol. The molecule has 3 rings (SSSR count). The van der Waals surface area contributed by atoms with Gasteiger partial charge in [0.15, 0.2) is 0 Å². The molecule has 136 valence electrons. The lowest BCUT2D eigenvalue weighted by molar-refractivity contribution is -0.126. The van der Waals surface area contributed by atoms with Crippen LogP contribution in [-0.2, 0) is 9.59 Å². The average molecular weight is 373 g/mol. The molecule has 0 bridgehead atoms. The van der Waals surface area contributed by atoms with Gasteiger partial charge in [0.25, 0.3) is 5.91 Å². The maximum Gasteiger partial charge on any atom is 0.254 e. The SMILES string of the molecule is CC(=O)NC1C(=O)N(CCOc2ccccc2Cl)c2c(C)cc(C)cc21. The molecule has 0 saturated heterocycles. The summed E-state index contributed by atoms with van der Waals surface area (Å²) in [6, 6.07) is 10.6. The summed E-state index contributed by atoms with van der Waals surface area (Å²) in [6.07, 6.45) is 0. The number of hydrogen-bond donors (Lipinski definition) is 1.